The quantitative estimate of drug-likeness (QED) is 0.818. The van der Waals surface area contributed by atoms with Gasteiger partial charge in [0.25, 0.3) is 0 Å². The van der Waals surface area contributed by atoms with Crippen LogP contribution in [-0.2, 0) is 14.3 Å². The minimum absolute atomic E-state index is 0.326. The predicted molar refractivity (Wildman–Crippen MR) is 84.0 cm³/mol. The first-order valence-electron chi connectivity index (χ1n) is 7.37. The van der Waals surface area contributed by atoms with E-state index in [9.17, 15) is 14.7 Å². The maximum absolute atomic E-state index is 12.2. The first kappa shape index (κ1) is 18.2. The third-order valence-electron chi connectivity index (χ3n) is 3.03. The van der Waals surface area contributed by atoms with Crippen LogP contribution in [-0.4, -0.2) is 29.1 Å². The number of benzene rings is 1. The van der Waals surface area contributed by atoms with Crippen molar-refractivity contribution in [2.45, 2.75) is 52.9 Å². The van der Waals surface area contributed by atoms with E-state index in [2.05, 4.69) is 5.32 Å². The molecule has 0 aliphatic heterocycles. The van der Waals surface area contributed by atoms with Crippen LogP contribution in [0.15, 0.2) is 30.3 Å². The molecule has 0 saturated carbocycles. The zero-order valence-electron chi connectivity index (χ0n) is 13.8. The Morgan fingerprint density at radius 3 is 2.14 bits per heavy atom. The molecule has 1 aromatic rings. The summed E-state index contributed by atoms with van der Waals surface area (Å²) in [7, 11) is 0. The fourth-order valence-corrected chi connectivity index (χ4v) is 1.77. The summed E-state index contributed by atoms with van der Waals surface area (Å²) in [6, 6.07) is 7.58. The zero-order chi connectivity index (χ0) is 16.9. The van der Waals surface area contributed by atoms with E-state index < -0.39 is 23.5 Å². The van der Waals surface area contributed by atoms with E-state index in [1.54, 1.807) is 58.9 Å². The summed E-state index contributed by atoms with van der Waals surface area (Å²) >= 11 is 0. The summed E-state index contributed by atoms with van der Waals surface area (Å²) in [5, 5.41) is 13.1. The van der Waals surface area contributed by atoms with E-state index in [0.29, 0.717) is 5.56 Å². The highest BCUT2D eigenvalue weighted by molar-refractivity contribution is 5.87. The average molecular weight is 307 g/mol. The van der Waals surface area contributed by atoms with Crippen molar-refractivity contribution in [2.24, 2.45) is 5.41 Å². The van der Waals surface area contributed by atoms with Crippen LogP contribution in [0.2, 0.25) is 0 Å². The second-order valence-electron chi connectivity index (χ2n) is 6.54. The van der Waals surface area contributed by atoms with Crippen molar-refractivity contribution in [1.29, 1.82) is 0 Å². The van der Waals surface area contributed by atoms with Gasteiger partial charge in [0.2, 0.25) is 5.91 Å². The van der Waals surface area contributed by atoms with E-state index in [1.165, 1.54) is 0 Å². The first-order chi connectivity index (χ1) is 10.1. The Kier molecular flexibility index (Phi) is 6.11. The molecule has 2 atom stereocenters. The minimum atomic E-state index is -1.17. The predicted octanol–water partition coefficient (Wildman–Crippen LogP) is 2.20. The van der Waals surface area contributed by atoms with Gasteiger partial charge in [0.15, 0.2) is 6.04 Å². The average Bonchev–Trinajstić information content (AvgIpc) is 2.42. The molecule has 2 N–H and O–H groups in total. The first-order valence-corrected chi connectivity index (χ1v) is 7.37. The molecule has 0 aromatic heterocycles. The van der Waals surface area contributed by atoms with Crippen LogP contribution in [0, 0.1) is 5.41 Å². The van der Waals surface area contributed by atoms with Gasteiger partial charge < -0.3 is 15.2 Å². The SMILES string of the molecule is CC(C)OC(=O)C(NC(=O)C(C)(C)C)C(O)c1ccccc1. The Hall–Kier alpha value is -1.88. The Morgan fingerprint density at radius 1 is 1.14 bits per heavy atom. The van der Waals surface area contributed by atoms with Crippen molar-refractivity contribution < 1.29 is 19.4 Å². The van der Waals surface area contributed by atoms with Crippen LogP contribution in [0.4, 0.5) is 0 Å². The lowest BCUT2D eigenvalue weighted by atomic mass is 9.94. The molecule has 1 amide bonds. The molecule has 5 nitrogen and oxygen atoms in total. The van der Waals surface area contributed by atoms with E-state index >= 15 is 0 Å². The summed E-state index contributed by atoms with van der Waals surface area (Å²) < 4.78 is 5.15. The maximum atomic E-state index is 12.2. The highest BCUT2D eigenvalue weighted by atomic mass is 16.5. The lowest BCUT2D eigenvalue weighted by Crippen LogP contribution is -2.49. The molecule has 0 bridgehead atoms. The van der Waals surface area contributed by atoms with E-state index in [0.717, 1.165) is 0 Å². The van der Waals surface area contributed by atoms with Crippen LogP contribution < -0.4 is 5.32 Å². The topological polar surface area (TPSA) is 75.6 Å². The maximum Gasteiger partial charge on any atom is 0.331 e. The van der Waals surface area contributed by atoms with Gasteiger partial charge in [-0.15, -0.1) is 0 Å². The summed E-state index contributed by atoms with van der Waals surface area (Å²) in [4.78, 5) is 24.4. The number of hydrogen-bond donors (Lipinski definition) is 2. The van der Waals surface area contributed by atoms with Gasteiger partial charge in [-0.2, -0.15) is 0 Å². The molecule has 0 fully saturated rings. The number of nitrogens with one attached hydrogen (secondary N) is 1. The molecule has 22 heavy (non-hydrogen) atoms. The molecule has 0 spiro atoms. The Labute approximate surface area is 131 Å². The van der Waals surface area contributed by atoms with Crippen LogP contribution >= 0.6 is 0 Å². The molecule has 0 aliphatic rings. The molecule has 0 radical (unpaired) electrons. The van der Waals surface area contributed by atoms with Crippen molar-refractivity contribution in [3.8, 4) is 0 Å². The van der Waals surface area contributed by atoms with Crippen LogP contribution in [0.25, 0.3) is 0 Å². The Bertz CT molecular complexity index is 505. The summed E-state index contributed by atoms with van der Waals surface area (Å²) in [6.07, 6.45) is -1.50. The fraction of sp³-hybridized carbons (Fsp3) is 0.529. The van der Waals surface area contributed by atoms with Gasteiger partial charge in [-0.1, -0.05) is 51.1 Å². The number of amides is 1. The third-order valence-corrected chi connectivity index (χ3v) is 3.03. The van der Waals surface area contributed by atoms with Crippen LogP contribution in [0.3, 0.4) is 0 Å². The van der Waals surface area contributed by atoms with Gasteiger partial charge in [-0.05, 0) is 19.4 Å². The standard InChI is InChI=1S/C17H25NO4/c1-11(2)22-15(20)13(18-16(21)17(3,4)5)14(19)12-9-7-6-8-10-12/h6-11,13-14,19H,1-5H3,(H,18,21). The third kappa shape index (κ3) is 5.15. The van der Waals surface area contributed by atoms with Gasteiger partial charge >= 0.3 is 5.97 Å². The molecule has 0 aliphatic carbocycles. The van der Waals surface area contributed by atoms with Crippen LogP contribution in [0.5, 0.6) is 0 Å². The Balaban J connectivity index is 3.00. The minimum Gasteiger partial charge on any atom is -0.461 e. The molecule has 0 heterocycles. The molecule has 1 rings (SSSR count). The molecule has 122 valence electrons. The normalized spacial score (nSPS) is 14.3. The second-order valence-corrected chi connectivity index (χ2v) is 6.54. The molecule has 1 aromatic carbocycles. The fourth-order valence-electron chi connectivity index (χ4n) is 1.77. The molecular formula is C17H25NO4. The molecule has 2 unspecified atom stereocenters. The van der Waals surface area contributed by atoms with Gasteiger partial charge in [0.1, 0.15) is 6.10 Å². The van der Waals surface area contributed by atoms with Crippen molar-refractivity contribution >= 4 is 11.9 Å². The van der Waals surface area contributed by atoms with Gasteiger partial charge in [0, 0.05) is 5.41 Å². The largest absolute Gasteiger partial charge is 0.461 e. The number of hydrogen-bond acceptors (Lipinski definition) is 4. The summed E-state index contributed by atoms with van der Waals surface area (Å²) in [6.45, 7) is 8.65. The Morgan fingerprint density at radius 2 is 1.68 bits per heavy atom. The van der Waals surface area contributed by atoms with Gasteiger partial charge in [-0.25, -0.2) is 4.79 Å². The summed E-state index contributed by atoms with van der Waals surface area (Å²) in [5.41, 5.74) is -0.130. The second kappa shape index (κ2) is 7.40. The zero-order valence-corrected chi connectivity index (χ0v) is 13.8. The van der Waals surface area contributed by atoms with E-state index in [1.807, 2.05) is 6.07 Å². The highest BCUT2D eigenvalue weighted by Crippen LogP contribution is 2.20. The highest BCUT2D eigenvalue weighted by Gasteiger charge is 2.34. The molecular weight excluding hydrogens is 282 g/mol. The number of carbonyl (C=O) groups excluding carboxylic acids is 2. The molecule has 5 heteroatoms. The summed E-state index contributed by atoms with van der Waals surface area (Å²) in [5.74, 6) is -0.975. The van der Waals surface area contributed by atoms with E-state index in [-0.39, 0.29) is 12.0 Å². The van der Waals surface area contributed by atoms with Gasteiger partial charge in [-0.3, -0.25) is 4.79 Å². The molecule has 0 saturated heterocycles. The smallest absolute Gasteiger partial charge is 0.331 e. The monoisotopic (exact) mass is 307 g/mol. The lowest BCUT2D eigenvalue weighted by molar-refractivity contribution is -0.155. The number of aliphatic hydroxyl groups excluding tert-OH is 1. The van der Waals surface area contributed by atoms with Crippen LogP contribution in [0.1, 0.15) is 46.3 Å². The van der Waals surface area contributed by atoms with Crippen molar-refractivity contribution in [3.63, 3.8) is 0 Å². The number of rotatable bonds is 5. The number of ether oxygens (including phenoxy) is 1. The van der Waals surface area contributed by atoms with E-state index in [4.69, 9.17) is 4.74 Å². The lowest BCUT2D eigenvalue weighted by Gasteiger charge is -2.27. The number of esters is 1. The van der Waals surface area contributed by atoms with Gasteiger partial charge in [0.05, 0.1) is 6.10 Å². The number of carbonyl (C=O) groups is 2. The van der Waals surface area contributed by atoms with Crippen molar-refractivity contribution in [2.75, 3.05) is 0 Å². The van der Waals surface area contributed by atoms with Crippen molar-refractivity contribution in [3.05, 3.63) is 35.9 Å². The van der Waals surface area contributed by atoms with Crippen molar-refractivity contribution in [1.82, 2.24) is 5.32 Å². The number of aliphatic hydroxyl groups is 1.